The standard InChI is InChI=1S/C10H9ClFN3OS/c11-9-6(2-1-3-7(9)12)5-17-10-15-14-8(4-13)16-10/h1-3H,4-5,13H2. The maximum absolute atomic E-state index is 13.2. The third kappa shape index (κ3) is 2.96. The number of halogens is 2. The molecule has 0 spiro atoms. The number of benzene rings is 1. The van der Waals surface area contributed by atoms with Crippen molar-refractivity contribution in [2.75, 3.05) is 0 Å². The van der Waals surface area contributed by atoms with Gasteiger partial charge < -0.3 is 10.2 Å². The summed E-state index contributed by atoms with van der Waals surface area (Å²) in [6, 6.07) is 4.67. The van der Waals surface area contributed by atoms with Crippen molar-refractivity contribution >= 4 is 23.4 Å². The third-order valence-electron chi connectivity index (χ3n) is 2.01. The quantitative estimate of drug-likeness (QED) is 0.868. The fraction of sp³-hybridized carbons (Fsp3) is 0.200. The molecular formula is C10H9ClFN3OS. The van der Waals surface area contributed by atoms with Crippen LogP contribution in [0.2, 0.25) is 5.02 Å². The molecule has 0 aliphatic rings. The zero-order valence-corrected chi connectivity index (χ0v) is 10.3. The van der Waals surface area contributed by atoms with Gasteiger partial charge in [-0.3, -0.25) is 0 Å². The summed E-state index contributed by atoms with van der Waals surface area (Å²) in [6.45, 7) is 0.203. The lowest BCUT2D eigenvalue weighted by Crippen LogP contribution is -1.95. The van der Waals surface area contributed by atoms with Gasteiger partial charge in [-0.15, -0.1) is 10.2 Å². The van der Waals surface area contributed by atoms with Crippen LogP contribution in [0, 0.1) is 5.82 Å². The van der Waals surface area contributed by atoms with Crippen LogP contribution < -0.4 is 5.73 Å². The van der Waals surface area contributed by atoms with E-state index in [2.05, 4.69) is 10.2 Å². The molecule has 0 aliphatic carbocycles. The van der Waals surface area contributed by atoms with Gasteiger partial charge in [0.1, 0.15) is 5.82 Å². The fourth-order valence-corrected chi connectivity index (χ4v) is 2.22. The van der Waals surface area contributed by atoms with Gasteiger partial charge in [0.2, 0.25) is 5.89 Å². The molecule has 90 valence electrons. The summed E-state index contributed by atoms with van der Waals surface area (Å²) in [4.78, 5) is 0. The van der Waals surface area contributed by atoms with Crippen LogP contribution in [0.3, 0.4) is 0 Å². The zero-order chi connectivity index (χ0) is 12.3. The number of rotatable bonds is 4. The van der Waals surface area contributed by atoms with E-state index in [9.17, 15) is 4.39 Å². The summed E-state index contributed by atoms with van der Waals surface area (Å²) < 4.78 is 18.4. The van der Waals surface area contributed by atoms with Gasteiger partial charge in [0.15, 0.2) is 0 Å². The molecule has 0 unspecified atom stereocenters. The highest BCUT2D eigenvalue weighted by Gasteiger charge is 2.09. The lowest BCUT2D eigenvalue weighted by atomic mass is 10.2. The van der Waals surface area contributed by atoms with Gasteiger partial charge in [-0.1, -0.05) is 35.5 Å². The molecule has 1 heterocycles. The van der Waals surface area contributed by atoms with Crippen molar-refractivity contribution in [3.8, 4) is 0 Å². The second kappa shape index (κ2) is 5.48. The molecule has 0 amide bonds. The van der Waals surface area contributed by atoms with Crippen LogP contribution in [-0.2, 0) is 12.3 Å². The Bertz CT molecular complexity index is 520. The first-order valence-corrected chi connectivity index (χ1v) is 6.15. The molecule has 4 nitrogen and oxygen atoms in total. The lowest BCUT2D eigenvalue weighted by molar-refractivity contribution is 0.415. The molecule has 2 N–H and O–H groups in total. The van der Waals surface area contributed by atoms with Gasteiger partial charge in [-0.2, -0.15) is 0 Å². The van der Waals surface area contributed by atoms with Crippen molar-refractivity contribution in [2.24, 2.45) is 5.73 Å². The molecule has 0 fully saturated rings. The summed E-state index contributed by atoms with van der Waals surface area (Å²) in [5.74, 6) is 0.402. The summed E-state index contributed by atoms with van der Waals surface area (Å²) >= 11 is 7.10. The zero-order valence-electron chi connectivity index (χ0n) is 8.69. The van der Waals surface area contributed by atoms with Gasteiger partial charge in [0, 0.05) is 5.75 Å². The first-order chi connectivity index (χ1) is 8.20. The van der Waals surface area contributed by atoms with Crippen LogP contribution in [0.1, 0.15) is 11.5 Å². The highest BCUT2D eigenvalue weighted by Crippen LogP contribution is 2.27. The van der Waals surface area contributed by atoms with Crippen molar-refractivity contribution in [3.63, 3.8) is 0 Å². The van der Waals surface area contributed by atoms with Crippen molar-refractivity contribution in [1.82, 2.24) is 10.2 Å². The van der Waals surface area contributed by atoms with Crippen LogP contribution in [0.25, 0.3) is 0 Å². The lowest BCUT2D eigenvalue weighted by Gasteiger charge is -2.02. The highest BCUT2D eigenvalue weighted by molar-refractivity contribution is 7.98. The topological polar surface area (TPSA) is 64.9 Å². The van der Waals surface area contributed by atoms with Crippen LogP contribution in [0.15, 0.2) is 27.8 Å². The normalized spacial score (nSPS) is 10.8. The van der Waals surface area contributed by atoms with E-state index in [-0.39, 0.29) is 11.6 Å². The summed E-state index contributed by atoms with van der Waals surface area (Å²) in [5.41, 5.74) is 6.02. The minimum absolute atomic E-state index is 0.124. The maximum atomic E-state index is 13.2. The van der Waals surface area contributed by atoms with Crippen molar-refractivity contribution < 1.29 is 8.81 Å². The van der Waals surface area contributed by atoms with E-state index < -0.39 is 5.82 Å². The molecule has 7 heteroatoms. The fourth-order valence-electron chi connectivity index (χ4n) is 1.18. The largest absolute Gasteiger partial charge is 0.415 e. The van der Waals surface area contributed by atoms with E-state index in [1.165, 1.54) is 17.8 Å². The molecule has 0 saturated carbocycles. The van der Waals surface area contributed by atoms with Crippen molar-refractivity contribution in [1.29, 1.82) is 0 Å². The Morgan fingerprint density at radius 3 is 2.94 bits per heavy atom. The number of nitrogens with zero attached hydrogens (tertiary/aromatic N) is 2. The summed E-state index contributed by atoms with van der Waals surface area (Å²) in [5, 5.41) is 8.02. The van der Waals surface area contributed by atoms with Crippen LogP contribution in [0.4, 0.5) is 4.39 Å². The SMILES string of the molecule is NCc1nnc(SCc2cccc(F)c2Cl)o1. The van der Waals surface area contributed by atoms with E-state index in [0.29, 0.717) is 22.4 Å². The van der Waals surface area contributed by atoms with Crippen molar-refractivity contribution in [3.05, 3.63) is 40.5 Å². The van der Waals surface area contributed by atoms with E-state index >= 15 is 0 Å². The number of aromatic nitrogens is 2. The number of nitrogens with two attached hydrogens (primary N) is 1. The first kappa shape index (κ1) is 12.3. The minimum atomic E-state index is -0.432. The van der Waals surface area contributed by atoms with E-state index in [1.54, 1.807) is 12.1 Å². The summed E-state index contributed by atoms with van der Waals surface area (Å²) in [7, 11) is 0. The van der Waals surface area contributed by atoms with Crippen molar-refractivity contribution in [2.45, 2.75) is 17.5 Å². The molecule has 2 rings (SSSR count). The molecule has 0 bridgehead atoms. The average molecular weight is 274 g/mol. The molecule has 0 atom stereocenters. The van der Waals surface area contributed by atoms with Crippen LogP contribution in [-0.4, -0.2) is 10.2 Å². The van der Waals surface area contributed by atoms with Crippen LogP contribution in [0.5, 0.6) is 0 Å². The van der Waals surface area contributed by atoms with Gasteiger partial charge in [-0.25, -0.2) is 4.39 Å². The Morgan fingerprint density at radius 1 is 1.41 bits per heavy atom. The Balaban J connectivity index is 2.04. The van der Waals surface area contributed by atoms with Gasteiger partial charge >= 0.3 is 0 Å². The molecule has 0 aliphatic heterocycles. The van der Waals surface area contributed by atoms with Crippen LogP contribution >= 0.6 is 23.4 Å². The Hall–Kier alpha value is -1.11. The molecule has 0 radical (unpaired) electrons. The minimum Gasteiger partial charge on any atom is -0.415 e. The average Bonchev–Trinajstić information content (AvgIpc) is 2.79. The molecule has 2 aromatic rings. The Labute approximate surface area is 106 Å². The second-order valence-corrected chi connectivity index (χ2v) is 4.47. The van der Waals surface area contributed by atoms with E-state index in [0.717, 1.165) is 0 Å². The monoisotopic (exact) mass is 273 g/mol. The first-order valence-electron chi connectivity index (χ1n) is 4.79. The van der Waals surface area contributed by atoms with E-state index in [1.807, 2.05) is 0 Å². The molecule has 1 aromatic carbocycles. The Morgan fingerprint density at radius 2 is 2.24 bits per heavy atom. The van der Waals surface area contributed by atoms with Gasteiger partial charge in [0.05, 0.1) is 11.6 Å². The maximum Gasteiger partial charge on any atom is 0.276 e. The number of hydrogen-bond donors (Lipinski definition) is 1. The van der Waals surface area contributed by atoms with Gasteiger partial charge in [0.25, 0.3) is 5.22 Å². The predicted molar refractivity (Wildman–Crippen MR) is 63.2 cm³/mol. The smallest absolute Gasteiger partial charge is 0.276 e. The number of thioether (sulfide) groups is 1. The highest BCUT2D eigenvalue weighted by atomic mass is 35.5. The molecule has 0 saturated heterocycles. The third-order valence-corrected chi connectivity index (χ3v) is 3.30. The summed E-state index contributed by atoms with van der Waals surface area (Å²) in [6.07, 6.45) is 0. The Kier molecular flexibility index (Phi) is 3.98. The number of hydrogen-bond acceptors (Lipinski definition) is 5. The molecular weight excluding hydrogens is 265 g/mol. The predicted octanol–water partition coefficient (Wildman–Crippen LogP) is 2.61. The van der Waals surface area contributed by atoms with E-state index in [4.69, 9.17) is 21.8 Å². The molecule has 1 aromatic heterocycles. The second-order valence-electron chi connectivity index (χ2n) is 3.17. The molecule has 17 heavy (non-hydrogen) atoms. The van der Waals surface area contributed by atoms with Gasteiger partial charge in [-0.05, 0) is 11.6 Å².